The van der Waals surface area contributed by atoms with Crippen LogP contribution >= 0.6 is 11.6 Å². The lowest BCUT2D eigenvalue weighted by molar-refractivity contribution is 0.106. The molecule has 1 fully saturated rings. The Morgan fingerprint density at radius 3 is 2.56 bits per heavy atom. The van der Waals surface area contributed by atoms with Gasteiger partial charge in [-0.15, -0.1) is 0 Å². The first-order valence-corrected chi connectivity index (χ1v) is 6.75. The van der Waals surface area contributed by atoms with E-state index in [0.717, 1.165) is 21.9 Å². The predicted molar refractivity (Wildman–Crippen MR) is 73.5 cm³/mol. The molecular weight excluding hydrogens is 250 g/mol. The number of hydrogen-bond acceptors (Lipinski definition) is 3. The van der Waals surface area contributed by atoms with Gasteiger partial charge in [-0.1, -0.05) is 11.6 Å². The maximum Gasteiger partial charge on any atom is 0.120 e. The van der Waals surface area contributed by atoms with Gasteiger partial charge < -0.3 is 15.2 Å². The van der Waals surface area contributed by atoms with Gasteiger partial charge in [0.2, 0.25) is 0 Å². The standard InChI is InChI=1S/C14H20ClNO2/c1-9-5-13(6-10(2)14(9)15)18-8-12(17)7-16-11-3-4-11/h5-6,11-12,16-17H,3-4,7-8H2,1-2H3/t12-/m1/s1. The average molecular weight is 270 g/mol. The molecule has 1 aliphatic rings. The molecule has 0 spiro atoms. The SMILES string of the molecule is Cc1cc(OC[C@H](O)CNC2CC2)cc(C)c1Cl. The minimum Gasteiger partial charge on any atom is -0.491 e. The number of ether oxygens (including phenoxy) is 1. The van der Waals surface area contributed by atoms with E-state index < -0.39 is 6.10 Å². The molecule has 4 heteroatoms. The van der Waals surface area contributed by atoms with Gasteiger partial charge in [-0.25, -0.2) is 0 Å². The van der Waals surface area contributed by atoms with E-state index >= 15 is 0 Å². The van der Waals surface area contributed by atoms with E-state index in [1.54, 1.807) is 0 Å². The highest BCUT2D eigenvalue weighted by atomic mass is 35.5. The summed E-state index contributed by atoms with van der Waals surface area (Å²) in [6, 6.07) is 4.41. The van der Waals surface area contributed by atoms with E-state index in [0.29, 0.717) is 19.2 Å². The molecule has 0 amide bonds. The van der Waals surface area contributed by atoms with Gasteiger partial charge >= 0.3 is 0 Å². The molecule has 100 valence electrons. The van der Waals surface area contributed by atoms with Crippen molar-refractivity contribution in [1.29, 1.82) is 0 Å². The second-order valence-corrected chi connectivity index (χ2v) is 5.40. The van der Waals surface area contributed by atoms with Crippen LogP contribution in [0.5, 0.6) is 5.75 Å². The van der Waals surface area contributed by atoms with Crippen LogP contribution in [0, 0.1) is 13.8 Å². The lowest BCUT2D eigenvalue weighted by Crippen LogP contribution is -2.32. The fraction of sp³-hybridized carbons (Fsp3) is 0.571. The molecule has 0 bridgehead atoms. The van der Waals surface area contributed by atoms with E-state index in [1.807, 2.05) is 26.0 Å². The van der Waals surface area contributed by atoms with Gasteiger partial charge in [-0.3, -0.25) is 0 Å². The molecule has 3 nitrogen and oxygen atoms in total. The fourth-order valence-electron chi connectivity index (χ4n) is 1.83. The number of rotatable bonds is 6. The zero-order valence-electron chi connectivity index (χ0n) is 10.9. The maximum absolute atomic E-state index is 9.77. The highest BCUT2D eigenvalue weighted by molar-refractivity contribution is 6.32. The second-order valence-electron chi connectivity index (χ2n) is 5.02. The molecule has 1 atom stereocenters. The van der Waals surface area contributed by atoms with Gasteiger partial charge in [0.15, 0.2) is 0 Å². The Kier molecular flexibility index (Phi) is 4.49. The van der Waals surface area contributed by atoms with Crippen LogP contribution in [0.25, 0.3) is 0 Å². The van der Waals surface area contributed by atoms with Crippen LogP contribution in [0.15, 0.2) is 12.1 Å². The minimum absolute atomic E-state index is 0.306. The van der Waals surface area contributed by atoms with Gasteiger partial charge in [-0.05, 0) is 49.9 Å². The van der Waals surface area contributed by atoms with Crippen LogP contribution < -0.4 is 10.1 Å². The molecule has 0 aromatic heterocycles. The number of halogens is 1. The van der Waals surface area contributed by atoms with Crippen LogP contribution in [-0.2, 0) is 0 Å². The Hall–Kier alpha value is -0.770. The van der Waals surface area contributed by atoms with Crippen molar-refractivity contribution < 1.29 is 9.84 Å². The molecule has 0 heterocycles. The van der Waals surface area contributed by atoms with Gasteiger partial charge in [0.1, 0.15) is 18.5 Å². The van der Waals surface area contributed by atoms with Crippen molar-refractivity contribution >= 4 is 11.6 Å². The number of hydrogen-bond donors (Lipinski definition) is 2. The Morgan fingerprint density at radius 1 is 1.39 bits per heavy atom. The molecule has 1 aliphatic carbocycles. The minimum atomic E-state index is -0.470. The molecule has 2 N–H and O–H groups in total. The van der Waals surface area contributed by atoms with Crippen molar-refractivity contribution in [1.82, 2.24) is 5.32 Å². The molecule has 0 unspecified atom stereocenters. The summed E-state index contributed by atoms with van der Waals surface area (Å²) in [4.78, 5) is 0. The third-order valence-electron chi connectivity index (χ3n) is 3.07. The first-order valence-electron chi connectivity index (χ1n) is 6.37. The van der Waals surface area contributed by atoms with Gasteiger partial charge in [0, 0.05) is 17.6 Å². The van der Waals surface area contributed by atoms with Crippen molar-refractivity contribution in [2.24, 2.45) is 0 Å². The Morgan fingerprint density at radius 2 is 2.00 bits per heavy atom. The summed E-state index contributed by atoms with van der Waals surface area (Å²) in [6.45, 7) is 4.80. The first kappa shape index (κ1) is 13.7. The van der Waals surface area contributed by atoms with E-state index in [4.69, 9.17) is 16.3 Å². The van der Waals surface area contributed by atoms with E-state index in [2.05, 4.69) is 5.32 Å². The van der Waals surface area contributed by atoms with Crippen LogP contribution in [0.2, 0.25) is 5.02 Å². The Labute approximate surface area is 113 Å². The van der Waals surface area contributed by atoms with Crippen molar-refractivity contribution in [3.63, 3.8) is 0 Å². The van der Waals surface area contributed by atoms with Crippen LogP contribution in [0.4, 0.5) is 0 Å². The topological polar surface area (TPSA) is 41.5 Å². The normalized spacial score (nSPS) is 16.7. The van der Waals surface area contributed by atoms with Crippen molar-refractivity contribution in [3.8, 4) is 5.75 Å². The van der Waals surface area contributed by atoms with Crippen LogP contribution in [0.1, 0.15) is 24.0 Å². The lowest BCUT2D eigenvalue weighted by atomic mass is 10.1. The molecular formula is C14H20ClNO2. The third kappa shape index (κ3) is 3.87. The van der Waals surface area contributed by atoms with Crippen molar-refractivity contribution in [3.05, 3.63) is 28.3 Å². The zero-order chi connectivity index (χ0) is 13.1. The lowest BCUT2D eigenvalue weighted by Gasteiger charge is -2.14. The van der Waals surface area contributed by atoms with Crippen molar-refractivity contribution in [2.75, 3.05) is 13.2 Å². The van der Waals surface area contributed by atoms with Crippen molar-refractivity contribution in [2.45, 2.75) is 38.8 Å². The summed E-state index contributed by atoms with van der Waals surface area (Å²) >= 11 is 6.09. The highest BCUT2D eigenvalue weighted by Crippen LogP contribution is 2.25. The summed E-state index contributed by atoms with van der Waals surface area (Å²) in [6.07, 6.45) is 1.98. The summed E-state index contributed by atoms with van der Waals surface area (Å²) in [5.41, 5.74) is 1.99. The number of aliphatic hydroxyl groups excluding tert-OH is 1. The maximum atomic E-state index is 9.77. The smallest absolute Gasteiger partial charge is 0.120 e. The molecule has 1 aromatic carbocycles. The summed E-state index contributed by atoms with van der Waals surface area (Å²) < 4.78 is 5.59. The Bertz CT molecular complexity index is 395. The average Bonchev–Trinajstić information content (AvgIpc) is 3.14. The molecule has 0 radical (unpaired) electrons. The summed E-state index contributed by atoms with van der Waals surface area (Å²) in [5, 5.41) is 13.8. The molecule has 1 saturated carbocycles. The monoisotopic (exact) mass is 269 g/mol. The predicted octanol–water partition coefficient (Wildman–Crippen LogP) is 2.45. The summed E-state index contributed by atoms with van der Waals surface area (Å²) in [5.74, 6) is 0.764. The number of benzene rings is 1. The summed E-state index contributed by atoms with van der Waals surface area (Å²) in [7, 11) is 0. The fourth-order valence-corrected chi connectivity index (χ4v) is 1.94. The molecule has 0 aliphatic heterocycles. The highest BCUT2D eigenvalue weighted by Gasteiger charge is 2.21. The van der Waals surface area contributed by atoms with E-state index in [1.165, 1.54) is 12.8 Å². The van der Waals surface area contributed by atoms with Gasteiger partial charge in [-0.2, -0.15) is 0 Å². The van der Waals surface area contributed by atoms with Gasteiger partial charge in [0.05, 0.1) is 0 Å². The van der Waals surface area contributed by atoms with Crippen LogP contribution in [0.3, 0.4) is 0 Å². The molecule has 1 aromatic rings. The Balaban J connectivity index is 1.81. The molecule has 18 heavy (non-hydrogen) atoms. The quantitative estimate of drug-likeness (QED) is 0.834. The number of aryl methyl sites for hydroxylation is 2. The van der Waals surface area contributed by atoms with E-state index in [-0.39, 0.29) is 0 Å². The van der Waals surface area contributed by atoms with E-state index in [9.17, 15) is 5.11 Å². The second kappa shape index (κ2) is 5.91. The molecule has 0 saturated heterocycles. The largest absolute Gasteiger partial charge is 0.491 e. The number of nitrogens with one attached hydrogen (secondary N) is 1. The van der Waals surface area contributed by atoms with Gasteiger partial charge in [0.25, 0.3) is 0 Å². The van der Waals surface area contributed by atoms with Crippen LogP contribution in [-0.4, -0.2) is 30.4 Å². The zero-order valence-corrected chi connectivity index (χ0v) is 11.6. The first-order chi connectivity index (χ1) is 8.56. The third-order valence-corrected chi connectivity index (χ3v) is 3.67. The number of aliphatic hydroxyl groups is 1. The molecule has 2 rings (SSSR count).